The van der Waals surface area contributed by atoms with E-state index in [-0.39, 0.29) is 19.3 Å². The molecule has 0 atom stereocenters. The zero-order chi connectivity index (χ0) is 21.9. The fourth-order valence-electron chi connectivity index (χ4n) is 1.56. The van der Waals surface area contributed by atoms with E-state index in [1.807, 2.05) is 20.8 Å². The van der Waals surface area contributed by atoms with Gasteiger partial charge in [0.05, 0.1) is 0 Å². The van der Waals surface area contributed by atoms with Crippen LogP contribution >= 0.6 is 0 Å². The number of aliphatic carboxylic acids is 3. The number of unbranched alkanes of at least 4 members (excludes halogenated alkanes) is 6. The molecule has 0 saturated heterocycles. The topological polar surface area (TPSA) is 120 Å². The first-order valence-electron chi connectivity index (χ1n) is 9.97. The fourth-order valence-corrected chi connectivity index (χ4v) is 1.56. The molecular weight excluding hydrogens is 384 g/mol. The van der Waals surface area contributed by atoms with Gasteiger partial charge in [0.25, 0.3) is 0 Å². The Morgan fingerprint density at radius 1 is 0.556 bits per heavy atom. The van der Waals surface area contributed by atoms with Crippen LogP contribution in [0.15, 0.2) is 0 Å². The van der Waals surface area contributed by atoms with Crippen molar-refractivity contribution in [2.45, 2.75) is 109 Å². The van der Waals surface area contributed by atoms with Crippen molar-refractivity contribution >= 4 is 17.9 Å². The molecular formula is C20H38O6Ti. The molecule has 0 fully saturated rings. The summed E-state index contributed by atoms with van der Waals surface area (Å²) in [6, 6.07) is 0. The molecule has 0 radical (unpaired) electrons. The van der Waals surface area contributed by atoms with Gasteiger partial charge in [-0.1, -0.05) is 59.3 Å². The molecule has 0 aliphatic carbocycles. The number of hydrogen-bond acceptors (Lipinski definition) is 6. The third-order valence-electron chi connectivity index (χ3n) is 2.95. The van der Waals surface area contributed by atoms with Crippen LogP contribution in [0.4, 0.5) is 0 Å². The molecule has 0 aliphatic heterocycles. The predicted octanol–water partition coefficient (Wildman–Crippen LogP) is 1.92. The van der Waals surface area contributed by atoms with Crippen LogP contribution in [-0.4, -0.2) is 17.9 Å². The van der Waals surface area contributed by atoms with Crippen LogP contribution in [0, 0.1) is 0 Å². The molecule has 0 rings (SSSR count). The zero-order valence-electron chi connectivity index (χ0n) is 17.6. The van der Waals surface area contributed by atoms with E-state index in [9.17, 15) is 29.7 Å². The minimum atomic E-state index is -0.932. The van der Waals surface area contributed by atoms with Gasteiger partial charge in [-0.2, -0.15) is 0 Å². The number of carbonyl (C=O) groups is 3. The number of hydrogen-bond donors (Lipinski definition) is 0. The van der Waals surface area contributed by atoms with Gasteiger partial charge in [0, 0.05) is 17.9 Å². The Kier molecular flexibility index (Phi) is 40.9. The molecule has 0 N–H and O–H groups in total. The molecule has 0 spiro atoms. The number of carbonyl (C=O) groups excluding carboxylic acids is 3. The second-order valence-electron chi connectivity index (χ2n) is 5.84. The first-order chi connectivity index (χ1) is 12.7. The van der Waals surface area contributed by atoms with Crippen LogP contribution in [0.5, 0.6) is 0 Å². The number of rotatable bonds is 12. The molecule has 0 saturated carbocycles. The number of carboxylic acids is 3. The van der Waals surface area contributed by atoms with Gasteiger partial charge in [-0.3, -0.25) is 0 Å². The maximum atomic E-state index is 9.76. The predicted molar refractivity (Wildman–Crippen MR) is 97.9 cm³/mol. The van der Waals surface area contributed by atoms with Crippen molar-refractivity contribution < 1.29 is 50.1 Å². The molecule has 0 bridgehead atoms. The summed E-state index contributed by atoms with van der Waals surface area (Å²) in [5, 5.41) is 29.3. The first kappa shape index (κ1) is 33.7. The normalized spacial score (nSPS) is 8.81. The van der Waals surface area contributed by atoms with E-state index in [4.69, 9.17) is 0 Å². The SMILES string of the molecule is CCCCCC(=O)[O-].CCCCCC(=O)[O-].CCCCCC(=O)[O-].C[CH2][Ti+3]. The van der Waals surface area contributed by atoms with Crippen molar-refractivity contribution in [1.29, 1.82) is 0 Å². The molecule has 27 heavy (non-hydrogen) atoms. The van der Waals surface area contributed by atoms with Crippen molar-refractivity contribution in [3.63, 3.8) is 0 Å². The van der Waals surface area contributed by atoms with E-state index in [1.54, 1.807) is 0 Å². The van der Waals surface area contributed by atoms with Gasteiger partial charge in [0.15, 0.2) is 0 Å². The summed E-state index contributed by atoms with van der Waals surface area (Å²) in [7, 11) is 0. The van der Waals surface area contributed by atoms with Gasteiger partial charge in [-0.25, -0.2) is 0 Å². The van der Waals surface area contributed by atoms with Gasteiger partial charge in [-0.15, -0.1) is 0 Å². The molecule has 0 aliphatic rings. The molecule has 0 aromatic rings. The summed E-state index contributed by atoms with van der Waals surface area (Å²) < 4.78 is 1.25. The van der Waals surface area contributed by atoms with Crippen molar-refractivity contribution in [3.8, 4) is 0 Å². The summed E-state index contributed by atoms with van der Waals surface area (Å²) in [4.78, 5) is 29.3. The maximum absolute atomic E-state index is 9.76. The van der Waals surface area contributed by atoms with Gasteiger partial charge in [0.2, 0.25) is 0 Å². The van der Waals surface area contributed by atoms with E-state index >= 15 is 0 Å². The molecule has 158 valence electrons. The Hall–Kier alpha value is -0.876. The zero-order valence-corrected chi connectivity index (χ0v) is 19.2. The van der Waals surface area contributed by atoms with Crippen molar-refractivity contribution in [1.82, 2.24) is 0 Å². The molecule has 0 amide bonds. The molecule has 0 heterocycles. The summed E-state index contributed by atoms with van der Waals surface area (Å²) >= 11 is 2.12. The van der Waals surface area contributed by atoms with Crippen LogP contribution in [0.1, 0.15) is 105 Å². The summed E-state index contributed by atoms with van der Waals surface area (Å²) in [5.74, 6) is -2.80. The van der Waals surface area contributed by atoms with Crippen LogP contribution in [-0.2, 0) is 34.8 Å². The van der Waals surface area contributed by atoms with Crippen molar-refractivity contribution in [2.75, 3.05) is 0 Å². The van der Waals surface area contributed by atoms with Gasteiger partial charge in [0.1, 0.15) is 0 Å². The molecule has 0 aromatic heterocycles. The third kappa shape index (κ3) is 67.3. The first-order valence-corrected chi connectivity index (χ1v) is 11.1. The van der Waals surface area contributed by atoms with E-state index in [2.05, 4.69) is 27.4 Å². The quantitative estimate of drug-likeness (QED) is 0.350. The summed E-state index contributed by atoms with van der Waals surface area (Å²) in [5.41, 5.74) is 0. The van der Waals surface area contributed by atoms with Crippen molar-refractivity contribution in [2.24, 2.45) is 0 Å². The minimum absolute atomic E-state index is 0.216. The van der Waals surface area contributed by atoms with Gasteiger partial charge in [-0.05, 0) is 38.5 Å². The second kappa shape index (κ2) is 32.8. The standard InChI is InChI=1S/3C6H12O2.C2H5.Ti/c3*1-2-3-4-5-6(7)8;1-2;/h3*2-5H2,1H3,(H,7,8);1H2,2H3;/q;;;;+3/p-3. The Labute approximate surface area is 177 Å². The third-order valence-corrected chi connectivity index (χ3v) is 2.95. The average Bonchev–Trinajstić information content (AvgIpc) is 2.57. The van der Waals surface area contributed by atoms with E-state index in [0.29, 0.717) is 0 Å². The fraction of sp³-hybridized carbons (Fsp3) is 0.850. The van der Waals surface area contributed by atoms with E-state index in [1.165, 1.54) is 4.73 Å². The number of carboxylic acid groups (broad SMARTS) is 3. The Morgan fingerprint density at radius 2 is 0.741 bits per heavy atom. The Morgan fingerprint density at radius 3 is 0.852 bits per heavy atom. The Bertz CT molecular complexity index is 274. The summed E-state index contributed by atoms with van der Waals surface area (Å²) in [6.07, 6.45) is 9.11. The van der Waals surface area contributed by atoms with Crippen LogP contribution in [0.25, 0.3) is 0 Å². The van der Waals surface area contributed by atoms with Gasteiger partial charge >= 0.3 is 32.1 Å². The van der Waals surface area contributed by atoms with Crippen LogP contribution in [0.3, 0.4) is 0 Å². The molecule has 0 aromatic carbocycles. The van der Waals surface area contributed by atoms with Crippen LogP contribution < -0.4 is 15.3 Å². The molecule has 7 heteroatoms. The summed E-state index contributed by atoms with van der Waals surface area (Å²) in [6.45, 7) is 8.24. The monoisotopic (exact) mass is 422 g/mol. The second-order valence-corrected chi connectivity index (χ2v) is 6.95. The van der Waals surface area contributed by atoms with Gasteiger partial charge < -0.3 is 29.7 Å². The average molecular weight is 422 g/mol. The Balaban J connectivity index is -0.000000137. The van der Waals surface area contributed by atoms with Crippen LogP contribution in [0.2, 0.25) is 4.73 Å². The molecule has 6 nitrogen and oxygen atoms in total. The van der Waals surface area contributed by atoms with E-state index in [0.717, 1.165) is 57.8 Å². The van der Waals surface area contributed by atoms with E-state index < -0.39 is 17.9 Å². The molecule has 0 unspecified atom stereocenters. The van der Waals surface area contributed by atoms with Crippen molar-refractivity contribution in [3.05, 3.63) is 0 Å².